The Hall–Kier alpha value is -2.32. The predicted molar refractivity (Wildman–Crippen MR) is 116 cm³/mol. The number of nitrogens with zero attached hydrogens (tertiary/aromatic N) is 5. The highest BCUT2D eigenvalue weighted by atomic mass is 16.6. The first-order valence-corrected chi connectivity index (χ1v) is 10.4. The van der Waals surface area contributed by atoms with Gasteiger partial charge < -0.3 is 24.8 Å². The molecular formula is C20H39N7O2. The van der Waals surface area contributed by atoms with Crippen molar-refractivity contribution in [1.82, 2.24) is 30.3 Å². The van der Waals surface area contributed by atoms with Crippen molar-refractivity contribution < 1.29 is 9.53 Å². The summed E-state index contributed by atoms with van der Waals surface area (Å²) in [4.78, 5) is 18.6. The van der Waals surface area contributed by atoms with Gasteiger partial charge in [0.2, 0.25) is 0 Å². The summed E-state index contributed by atoms with van der Waals surface area (Å²) in [5.74, 6) is 1.16. The average molecular weight is 410 g/mol. The number of alkyl carbamates (subject to hydrolysis) is 1. The van der Waals surface area contributed by atoms with Crippen LogP contribution in [0.3, 0.4) is 0 Å². The minimum atomic E-state index is -0.497. The molecule has 0 aliphatic carbocycles. The number of hydrogen-bond acceptors (Lipinski definition) is 5. The summed E-state index contributed by atoms with van der Waals surface area (Å²) in [6.07, 6.45) is 5.98. The molecule has 1 atom stereocenters. The first-order valence-electron chi connectivity index (χ1n) is 10.4. The minimum Gasteiger partial charge on any atom is -0.444 e. The van der Waals surface area contributed by atoms with Crippen LogP contribution >= 0.6 is 0 Å². The monoisotopic (exact) mass is 409 g/mol. The fourth-order valence-electron chi connectivity index (χ4n) is 2.81. The lowest BCUT2D eigenvalue weighted by Gasteiger charge is -2.28. The van der Waals surface area contributed by atoms with Gasteiger partial charge in [-0.15, -0.1) is 10.2 Å². The molecule has 0 bridgehead atoms. The third-order valence-electron chi connectivity index (χ3n) is 4.45. The molecule has 0 aromatic carbocycles. The molecule has 1 amide bonds. The van der Waals surface area contributed by atoms with Gasteiger partial charge in [0.1, 0.15) is 18.3 Å². The molecule has 1 aromatic rings. The normalized spacial score (nSPS) is 13.3. The summed E-state index contributed by atoms with van der Waals surface area (Å²) >= 11 is 0. The number of ether oxygens (including phenoxy) is 1. The van der Waals surface area contributed by atoms with Crippen molar-refractivity contribution >= 4 is 12.1 Å². The lowest BCUT2D eigenvalue weighted by atomic mass is 10.0. The van der Waals surface area contributed by atoms with Crippen molar-refractivity contribution in [1.29, 1.82) is 0 Å². The number of aliphatic imine (C=N–C) groups is 1. The lowest BCUT2D eigenvalue weighted by molar-refractivity contribution is 0.0486. The molecule has 1 aromatic heterocycles. The summed E-state index contributed by atoms with van der Waals surface area (Å²) in [5.41, 5.74) is -0.497. The average Bonchev–Trinajstić information content (AvgIpc) is 3.13. The van der Waals surface area contributed by atoms with E-state index in [2.05, 4.69) is 44.6 Å². The van der Waals surface area contributed by atoms with E-state index in [1.54, 1.807) is 19.7 Å². The van der Waals surface area contributed by atoms with E-state index in [1.165, 1.54) is 0 Å². The van der Waals surface area contributed by atoms with Crippen LogP contribution in [0.15, 0.2) is 17.6 Å². The smallest absolute Gasteiger partial charge is 0.407 e. The lowest BCUT2D eigenvalue weighted by Crippen LogP contribution is -2.45. The van der Waals surface area contributed by atoms with E-state index in [4.69, 9.17) is 4.74 Å². The first-order chi connectivity index (χ1) is 13.6. The number of rotatable bonds is 10. The van der Waals surface area contributed by atoms with Crippen molar-refractivity contribution in [2.24, 2.45) is 10.9 Å². The van der Waals surface area contributed by atoms with Crippen molar-refractivity contribution in [3.8, 4) is 0 Å². The van der Waals surface area contributed by atoms with E-state index in [9.17, 15) is 4.79 Å². The van der Waals surface area contributed by atoms with E-state index < -0.39 is 5.60 Å². The number of aryl methyl sites for hydroxylation is 1. The highest BCUT2D eigenvalue weighted by Crippen LogP contribution is 2.11. The Morgan fingerprint density at radius 2 is 1.90 bits per heavy atom. The second-order valence-corrected chi connectivity index (χ2v) is 8.59. The van der Waals surface area contributed by atoms with Crippen molar-refractivity contribution in [2.45, 2.75) is 72.1 Å². The maximum absolute atomic E-state index is 12.1. The summed E-state index contributed by atoms with van der Waals surface area (Å²) in [7, 11) is 3.80. The van der Waals surface area contributed by atoms with E-state index in [1.807, 2.05) is 32.4 Å². The summed E-state index contributed by atoms with van der Waals surface area (Å²) in [6, 6.07) is 0.0363. The molecule has 0 saturated carbocycles. The van der Waals surface area contributed by atoms with Gasteiger partial charge in [-0.3, -0.25) is 4.99 Å². The SMILES string of the molecule is CN=C(NCCCCn1cnnc1)N(C)CCC(NC(=O)OC(C)(C)C)C(C)C. The summed E-state index contributed by atoms with van der Waals surface area (Å²) < 4.78 is 7.36. The Kier molecular flexibility index (Phi) is 10.5. The third-order valence-corrected chi connectivity index (χ3v) is 4.45. The Morgan fingerprint density at radius 3 is 2.45 bits per heavy atom. The second kappa shape index (κ2) is 12.3. The fraction of sp³-hybridized carbons (Fsp3) is 0.800. The Morgan fingerprint density at radius 1 is 1.24 bits per heavy atom. The Bertz CT molecular complexity index is 609. The molecule has 1 heterocycles. The van der Waals surface area contributed by atoms with Crippen LogP contribution in [0.5, 0.6) is 0 Å². The maximum Gasteiger partial charge on any atom is 0.407 e. The molecule has 1 unspecified atom stereocenters. The zero-order valence-electron chi connectivity index (χ0n) is 19.1. The highest BCUT2D eigenvalue weighted by Gasteiger charge is 2.22. The Balaban J connectivity index is 2.36. The molecule has 166 valence electrons. The van der Waals surface area contributed by atoms with E-state index >= 15 is 0 Å². The van der Waals surface area contributed by atoms with Gasteiger partial charge in [0, 0.05) is 39.8 Å². The first kappa shape index (κ1) is 24.7. The fourth-order valence-corrected chi connectivity index (χ4v) is 2.81. The number of carbonyl (C=O) groups excluding carboxylic acids is 1. The minimum absolute atomic E-state index is 0.0363. The van der Waals surface area contributed by atoms with E-state index in [-0.39, 0.29) is 12.1 Å². The molecule has 9 nitrogen and oxygen atoms in total. The molecule has 0 aliphatic rings. The largest absolute Gasteiger partial charge is 0.444 e. The number of aromatic nitrogens is 3. The molecule has 0 radical (unpaired) electrons. The van der Waals surface area contributed by atoms with Gasteiger partial charge in [0.15, 0.2) is 5.96 Å². The predicted octanol–water partition coefficient (Wildman–Crippen LogP) is 2.50. The third kappa shape index (κ3) is 10.7. The summed E-state index contributed by atoms with van der Waals surface area (Å²) in [6.45, 7) is 12.3. The molecule has 2 N–H and O–H groups in total. The number of unbranched alkanes of at least 4 members (excludes halogenated alkanes) is 1. The van der Waals surface area contributed by atoms with Crippen LogP contribution in [0.25, 0.3) is 0 Å². The van der Waals surface area contributed by atoms with Crippen LogP contribution in [-0.4, -0.2) is 70.5 Å². The second-order valence-electron chi connectivity index (χ2n) is 8.59. The molecule has 0 saturated heterocycles. The molecule has 0 spiro atoms. The Labute approximate surface area is 175 Å². The standard InChI is InChI=1S/C20H39N7O2/c1-16(2)17(25-19(28)29-20(3,4)5)10-13-26(7)18(21-6)22-11-8-9-12-27-14-23-24-15-27/h14-17H,8-13H2,1-7H3,(H,21,22)(H,25,28). The quantitative estimate of drug-likeness (QED) is 0.350. The van der Waals surface area contributed by atoms with Crippen LogP contribution in [0, 0.1) is 5.92 Å². The molecular weight excluding hydrogens is 370 g/mol. The van der Waals surface area contributed by atoms with Crippen LogP contribution in [0.1, 0.15) is 53.9 Å². The van der Waals surface area contributed by atoms with Crippen LogP contribution < -0.4 is 10.6 Å². The number of nitrogens with one attached hydrogen (secondary N) is 2. The maximum atomic E-state index is 12.1. The topological polar surface area (TPSA) is 96.7 Å². The molecule has 0 aliphatic heterocycles. The van der Waals surface area contributed by atoms with Gasteiger partial charge >= 0.3 is 6.09 Å². The molecule has 29 heavy (non-hydrogen) atoms. The number of carbonyl (C=O) groups is 1. The van der Waals surface area contributed by atoms with Crippen molar-refractivity contribution in [3.63, 3.8) is 0 Å². The highest BCUT2D eigenvalue weighted by molar-refractivity contribution is 5.79. The van der Waals surface area contributed by atoms with Gasteiger partial charge in [-0.2, -0.15) is 0 Å². The van der Waals surface area contributed by atoms with Crippen LogP contribution in [0.4, 0.5) is 4.79 Å². The van der Waals surface area contributed by atoms with Crippen LogP contribution in [-0.2, 0) is 11.3 Å². The molecule has 9 heteroatoms. The number of guanidine groups is 1. The van der Waals surface area contributed by atoms with Gasteiger partial charge in [0.25, 0.3) is 0 Å². The van der Waals surface area contributed by atoms with Crippen molar-refractivity contribution in [3.05, 3.63) is 12.7 Å². The van der Waals surface area contributed by atoms with Crippen LogP contribution in [0.2, 0.25) is 0 Å². The van der Waals surface area contributed by atoms with E-state index in [0.717, 1.165) is 44.9 Å². The molecule has 0 fully saturated rings. The van der Waals surface area contributed by atoms with Gasteiger partial charge in [-0.1, -0.05) is 13.8 Å². The zero-order chi connectivity index (χ0) is 21.9. The number of hydrogen-bond donors (Lipinski definition) is 2. The van der Waals surface area contributed by atoms with Gasteiger partial charge in [0.05, 0.1) is 0 Å². The van der Waals surface area contributed by atoms with Gasteiger partial charge in [-0.05, 0) is 46.0 Å². The van der Waals surface area contributed by atoms with Gasteiger partial charge in [-0.25, -0.2) is 4.79 Å². The van der Waals surface area contributed by atoms with E-state index in [0.29, 0.717) is 5.92 Å². The van der Waals surface area contributed by atoms with Crippen molar-refractivity contribution in [2.75, 3.05) is 27.2 Å². The zero-order valence-corrected chi connectivity index (χ0v) is 19.1. The molecule has 1 rings (SSSR count). The number of amides is 1. The summed E-state index contributed by atoms with van der Waals surface area (Å²) in [5, 5.41) is 14.0.